The zero-order valence-electron chi connectivity index (χ0n) is 18.5. The first-order chi connectivity index (χ1) is 14.8. The number of rotatable bonds is 5. The summed E-state index contributed by atoms with van der Waals surface area (Å²) in [5.74, 6) is 1.39. The van der Waals surface area contributed by atoms with Gasteiger partial charge in [-0.2, -0.15) is 0 Å². The third kappa shape index (κ3) is 7.61. The molecule has 1 fully saturated rings. The van der Waals surface area contributed by atoms with Crippen LogP contribution in [-0.4, -0.2) is 60.1 Å². The standard InChI is InChI=1S/C24H31N3O4/c1-24(2,3)31-23(29)27-15-7-14-26(16-17-27)18-22(28)25-19-10-12-21(13-11-19)30-20-8-5-4-6-9-20/h4-6,8-13H,7,14-18H2,1-3H3,(H,25,28). The predicted octanol–water partition coefficient (Wildman–Crippen LogP) is 4.36. The molecule has 1 N–H and O–H groups in total. The summed E-state index contributed by atoms with van der Waals surface area (Å²) in [4.78, 5) is 28.5. The molecule has 7 nitrogen and oxygen atoms in total. The number of anilines is 1. The topological polar surface area (TPSA) is 71.1 Å². The summed E-state index contributed by atoms with van der Waals surface area (Å²) < 4.78 is 11.2. The van der Waals surface area contributed by atoms with Crippen molar-refractivity contribution >= 4 is 17.7 Å². The Morgan fingerprint density at radius 1 is 0.903 bits per heavy atom. The van der Waals surface area contributed by atoms with Crippen LogP contribution in [0.25, 0.3) is 0 Å². The molecule has 1 heterocycles. The van der Waals surface area contributed by atoms with Crippen molar-refractivity contribution in [3.63, 3.8) is 0 Å². The summed E-state index contributed by atoms with van der Waals surface area (Å²) in [5.41, 5.74) is 0.209. The summed E-state index contributed by atoms with van der Waals surface area (Å²) in [5, 5.41) is 2.92. The van der Waals surface area contributed by atoms with E-state index in [0.717, 1.165) is 24.4 Å². The molecular formula is C24H31N3O4. The second-order valence-electron chi connectivity index (χ2n) is 8.58. The molecule has 0 saturated carbocycles. The molecule has 166 valence electrons. The SMILES string of the molecule is CC(C)(C)OC(=O)N1CCCN(CC(=O)Nc2ccc(Oc3ccccc3)cc2)CC1. The number of ether oxygens (including phenoxy) is 2. The van der Waals surface area contributed by atoms with Gasteiger partial charge in [-0.25, -0.2) is 4.79 Å². The third-order valence-electron chi connectivity index (χ3n) is 4.72. The summed E-state index contributed by atoms with van der Waals surface area (Å²) in [6, 6.07) is 16.8. The molecule has 3 rings (SSSR count). The lowest BCUT2D eigenvalue weighted by Crippen LogP contribution is -2.40. The van der Waals surface area contributed by atoms with E-state index >= 15 is 0 Å². The summed E-state index contributed by atoms with van der Waals surface area (Å²) in [7, 11) is 0. The molecule has 2 amide bonds. The van der Waals surface area contributed by atoms with Gasteiger partial charge in [0.05, 0.1) is 6.54 Å². The lowest BCUT2D eigenvalue weighted by molar-refractivity contribution is -0.117. The van der Waals surface area contributed by atoms with Crippen LogP contribution in [0.4, 0.5) is 10.5 Å². The van der Waals surface area contributed by atoms with Crippen LogP contribution < -0.4 is 10.1 Å². The number of carbonyl (C=O) groups is 2. The smallest absolute Gasteiger partial charge is 0.410 e. The number of benzene rings is 2. The molecule has 0 atom stereocenters. The maximum absolute atomic E-state index is 12.5. The minimum Gasteiger partial charge on any atom is -0.457 e. The van der Waals surface area contributed by atoms with Gasteiger partial charge in [-0.05, 0) is 63.6 Å². The maximum atomic E-state index is 12.5. The number of hydrogen-bond donors (Lipinski definition) is 1. The Kier molecular flexibility index (Phi) is 7.52. The van der Waals surface area contributed by atoms with E-state index in [2.05, 4.69) is 10.2 Å². The van der Waals surface area contributed by atoms with E-state index in [1.165, 1.54) is 0 Å². The van der Waals surface area contributed by atoms with E-state index in [4.69, 9.17) is 9.47 Å². The second kappa shape index (κ2) is 10.3. The zero-order chi connectivity index (χ0) is 22.3. The molecule has 0 unspecified atom stereocenters. The fourth-order valence-corrected chi connectivity index (χ4v) is 3.27. The number of amides is 2. The number of para-hydroxylation sites is 1. The number of carbonyl (C=O) groups excluding carboxylic acids is 2. The molecular weight excluding hydrogens is 394 g/mol. The van der Waals surface area contributed by atoms with Gasteiger partial charge in [0.2, 0.25) is 5.91 Å². The molecule has 0 aliphatic carbocycles. The minimum atomic E-state index is -0.509. The van der Waals surface area contributed by atoms with Crippen molar-refractivity contribution in [2.75, 3.05) is 38.0 Å². The van der Waals surface area contributed by atoms with Gasteiger partial charge < -0.3 is 19.7 Å². The van der Waals surface area contributed by atoms with Gasteiger partial charge in [-0.3, -0.25) is 9.69 Å². The Bertz CT molecular complexity index is 863. The van der Waals surface area contributed by atoms with Crippen molar-refractivity contribution in [3.05, 3.63) is 54.6 Å². The minimum absolute atomic E-state index is 0.0811. The molecule has 1 aliphatic rings. The van der Waals surface area contributed by atoms with Crippen molar-refractivity contribution in [1.29, 1.82) is 0 Å². The highest BCUT2D eigenvalue weighted by Gasteiger charge is 2.25. The van der Waals surface area contributed by atoms with E-state index < -0.39 is 5.60 Å². The first kappa shape index (κ1) is 22.6. The first-order valence-electron chi connectivity index (χ1n) is 10.6. The molecule has 7 heteroatoms. The van der Waals surface area contributed by atoms with Gasteiger partial charge in [-0.15, -0.1) is 0 Å². The van der Waals surface area contributed by atoms with Crippen LogP contribution in [-0.2, 0) is 9.53 Å². The fraction of sp³-hybridized carbons (Fsp3) is 0.417. The molecule has 0 aromatic heterocycles. The maximum Gasteiger partial charge on any atom is 0.410 e. The highest BCUT2D eigenvalue weighted by molar-refractivity contribution is 5.92. The van der Waals surface area contributed by atoms with E-state index in [1.54, 1.807) is 4.90 Å². The molecule has 31 heavy (non-hydrogen) atoms. The zero-order valence-corrected chi connectivity index (χ0v) is 18.5. The molecule has 0 bridgehead atoms. The van der Waals surface area contributed by atoms with Crippen molar-refractivity contribution in [2.24, 2.45) is 0 Å². The third-order valence-corrected chi connectivity index (χ3v) is 4.72. The van der Waals surface area contributed by atoms with Gasteiger partial charge in [0.25, 0.3) is 0 Å². The van der Waals surface area contributed by atoms with Crippen LogP contribution >= 0.6 is 0 Å². The predicted molar refractivity (Wildman–Crippen MR) is 120 cm³/mol. The largest absolute Gasteiger partial charge is 0.457 e. The van der Waals surface area contributed by atoms with Gasteiger partial charge in [-0.1, -0.05) is 18.2 Å². The van der Waals surface area contributed by atoms with E-state index in [9.17, 15) is 9.59 Å². The summed E-state index contributed by atoms with van der Waals surface area (Å²) >= 11 is 0. The Morgan fingerprint density at radius 2 is 1.58 bits per heavy atom. The van der Waals surface area contributed by atoms with Crippen molar-refractivity contribution in [3.8, 4) is 11.5 Å². The Labute approximate surface area is 183 Å². The lowest BCUT2D eigenvalue weighted by Gasteiger charge is -2.26. The summed E-state index contributed by atoms with van der Waals surface area (Å²) in [6.07, 6.45) is 0.509. The van der Waals surface area contributed by atoms with Crippen molar-refractivity contribution in [2.45, 2.75) is 32.8 Å². The molecule has 1 saturated heterocycles. The van der Waals surface area contributed by atoms with Crippen molar-refractivity contribution in [1.82, 2.24) is 9.80 Å². The highest BCUT2D eigenvalue weighted by Crippen LogP contribution is 2.22. The number of hydrogen-bond acceptors (Lipinski definition) is 5. The van der Waals surface area contributed by atoms with Gasteiger partial charge in [0, 0.05) is 31.9 Å². The molecule has 0 radical (unpaired) electrons. The second-order valence-corrected chi connectivity index (χ2v) is 8.58. The average Bonchev–Trinajstić information content (AvgIpc) is 2.95. The normalized spacial score (nSPS) is 15.1. The average molecular weight is 426 g/mol. The quantitative estimate of drug-likeness (QED) is 0.771. The Balaban J connectivity index is 1.45. The highest BCUT2D eigenvalue weighted by atomic mass is 16.6. The van der Waals surface area contributed by atoms with E-state index in [1.807, 2.05) is 75.4 Å². The lowest BCUT2D eigenvalue weighted by atomic mass is 10.2. The van der Waals surface area contributed by atoms with Crippen molar-refractivity contribution < 1.29 is 19.1 Å². The fourth-order valence-electron chi connectivity index (χ4n) is 3.27. The van der Waals surface area contributed by atoms with Gasteiger partial charge in [0.1, 0.15) is 17.1 Å². The number of nitrogens with zero attached hydrogens (tertiary/aromatic N) is 2. The molecule has 0 spiro atoms. The van der Waals surface area contributed by atoms with Crippen LogP contribution in [0.15, 0.2) is 54.6 Å². The molecule has 2 aromatic rings. The number of nitrogens with one attached hydrogen (secondary N) is 1. The Morgan fingerprint density at radius 3 is 2.26 bits per heavy atom. The molecule has 1 aliphatic heterocycles. The van der Waals surface area contributed by atoms with Gasteiger partial charge >= 0.3 is 6.09 Å². The Hall–Kier alpha value is -3.06. The van der Waals surface area contributed by atoms with Crippen LogP contribution in [0.3, 0.4) is 0 Å². The summed E-state index contributed by atoms with van der Waals surface area (Å²) in [6.45, 7) is 8.44. The monoisotopic (exact) mass is 425 g/mol. The van der Waals surface area contributed by atoms with Crippen LogP contribution in [0, 0.1) is 0 Å². The van der Waals surface area contributed by atoms with Crippen LogP contribution in [0.1, 0.15) is 27.2 Å². The van der Waals surface area contributed by atoms with E-state index in [-0.39, 0.29) is 18.5 Å². The van der Waals surface area contributed by atoms with E-state index in [0.29, 0.717) is 25.4 Å². The van der Waals surface area contributed by atoms with Crippen LogP contribution in [0.5, 0.6) is 11.5 Å². The first-order valence-corrected chi connectivity index (χ1v) is 10.6. The van der Waals surface area contributed by atoms with Crippen LogP contribution in [0.2, 0.25) is 0 Å². The molecule has 2 aromatic carbocycles. The van der Waals surface area contributed by atoms with Gasteiger partial charge in [0.15, 0.2) is 0 Å².